The first-order valence-corrected chi connectivity index (χ1v) is 6.78. The molecule has 6 nitrogen and oxygen atoms in total. The summed E-state index contributed by atoms with van der Waals surface area (Å²) in [5, 5.41) is 7.04. The van der Waals surface area contributed by atoms with Crippen LogP contribution in [0.25, 0.3) is 5.69 Å². The number of amides is 1. The van der Waals surface area contributed by atoms with E-state index < -0.39 is 0 Å². The highest BCUT2D eigenvalue weighted by Crippen LogP contribution is 2.16. The van der Waals surface area contributed by atoms with Crippen LogP contribution >= 0.6 is 0 Å². The Balaban J connectivity index is 1.73. The lowest BCUT2D eigenvalue weighted by Crippen LogP contribution is -2.23. The second-order valence-corrected chi connectivity index (χ2v) is 4.58. The number of methoxy groups -OCH3 is 1. The number of furan rings is 1. The Kier molecular flexibility index (Phi) is 3.91. The summed E-state index contributed by atoms with van der Waals surface area (Å²) in [6.07, 6.45) is 3.57. The number of nitrogens with zero attached hydrogens (tertiary/aromatic N) is 2. The van der Waals surface area contributed by atoms with Gasteiger partial charge in [0.15, 0.2) is 5.76 Å². The number of aromatic nitrogens is 2. The summed E-state index contributed by atoms with van der Waals surface area (Å²) in [5.41, 5.74) is 1.88. The smallest absolute Gasteiger partial charge is 0.287 e. The van der Waals surface area contributed by atoms with Gasteiger partial charge in [0, 0.05) is 25.0 Å². The number of ether oxygens (including phenoxy) is 1. The summed E-state index contributed by atoms with van der Waals surface area (Å²) in [4.78, 5) is 12.1. The van der Waals surface area contributed by atoms with E-state index in [0.717, 1.165) is 11.3 Å². The Bertz CT molecular complexity index is 763. The van der Waals surface area contributed by atoms with Crippen molar-refractivity contribution in [3.8, 4) is 11.6 Å². The molecule has 3 aromatic rings. The first kappa shape index (κ1) is 13.9. The molecular formula is C16H15N3O3. The maximum Gasteiger partial charge on any atom is 0.287 e. The molecule has 2 heterocycles. The molecular weight excluding hydrogens is 282 g/mol. The number of rotatable bonds is 5. The fourth-order valence-corrected chi connectivity index (χ4v) is 2.11. The molecule has 22 heavy (non-hydrogen) atoms. The number of hydrogen-bond acceptors (Lipinski definition) is 4. The fourth-order valence-electron chi connectivity index (χ4n) is 2.11. The molecule has 2 aromatic heterocycles. The SMILES string of the molecule is COc1ccc(C(=O)NCc2ccccc2-n2cccn2)o1. The number of nitrogens with one attached hydrogen (secondary N) is 1. The lowest BCUT2D eigenvalue weighted by atomic mass is 10.1. The molecule has 0 atom stereocenters. The summed E-state index contributed by atoms with van der Waals surface area (Å²) in [6.45, 7) is 0.373. The molecule has 3 rings (SSSR count). The summed E-state index contributed by atoms with van der Waals surface area (Å²) in [5.74, 6) is 0.231. The van der Waals surface area contributed by atoms with Crippen LogP contribution in [0.4, 0.5) is 0 Å². The Morgan fingerprint density at radius 3 is 2.86 bits per heavy atom. The third-order valence-electron chi connectivity index (χ3n) is 3.19. The molecule has 0 radical (unpaired) electrons. The van der Waals surface area contributed by atoms with Crippen molar-refractivity contribution in [1.29, 1.82) is 0 Å². The quantitative estimate of drug-likeness (QED) is 0.785. The second-order valence-electron chi connectivity index (χ2n) is 4.58. The van der Waals surface area contributed by atoms with Crippen molar-refractivity contribution in [2.24, 2.45) is 0 Å². The van der Waals surface area contributed by atoms with E-state index in [2.05, 4.69) is 10.4 Å². The lowest BCUT2D eigenvalue weighted by Gasteiger charge is -2.10. The predicted molar refractivity (Wildman–Crippen MR) is 80.0 cm³/mol. The summed E-state index contributed by atoms with van der Waals surface area (Å²) in [7, 11) is 1.49. The molecule has 0 aliphatic carbocycles. The zero-order chi connectivity index (χ0) is 15.4. The Morgan fingerprint density at radius 1 is 1.27 bits per heavy atom. The molecule has 6 heteroatoms. The zero-order valence-corrected chi connectivity index (χ0v) is 12.0. The molecule has 0 unspecified atom stereocenters. The molecule has 0 aliphatic heterocycles. The topological polar surface area (TPSA) is 69.3 Å². The van der Waals surface area contributed by atoms with Crippen LogP contribution < -0.4 is 10.1 Å². The summed E-state index contributed by atoms with van der Waals surface area (Å²) in [6, 6.07) is 12.8. The van der Waals surface area contributed by atoms with Crippen molar-refractivity contribution in [1.82, 2.24) is 15.1 Å². The van der Waals surface area contributed by atoms with E-state index in [1.807, 2.05) is 36.5 Å². The third kappa shape index (κ3) is 2.85. The highest BCUT2D eigenvalue weighted by atomic mass is 16.6. The van der Waals surface area contributed by atoms with Crippen molar-refractivity contribution in [2.75, 3.05) is 7.11 Å². The van der Waals surface area contributed by atoms with Gasteiger partial charge in [-0.1, -0.05) is 18.2 Å². The van der Waals surface area contributed by atoms with E-state index in [9.17, 15) is 4.79 Å². The minimum Gasteiger partial charge on any atom is -0.468 e. The second kappa shape index (κ2) is 6.17. The summed E-state index contributed by atoms with van der Waals surface area (Å²) >= 11 is 0. The molecule has 0 aliphatic rings. The molecule has 0 saturated carbocycles. The van der Waals surface area contributed by atoms with E-state index in [4.69, 9.17) is 9.15 Å². The molecule has 0 bridgehead atoms. The molecule has 0 fully saturated rings. The van der Waals surface area contributed by atoms with Crippen LogP contribution in [0.5, 0.6) is 5.95 Å². The first-order valence-electron chi connectivity index (χ1n) is 6.78. The van der Waals surface area contributed by atoms with Crippen LogP contribution in [0.15, 0.2) is 59.3 Å². The predicted octanol–water partition coefficient (Wildman–Crippen LogP) is 2.40. The van der Waals surface area contributed by atoms with Gasteiger partial charge in [0.1, 0.15) is 0 Å². The number of carbonyl (C=O) groups is 1. The maximum atomic E-state index is 12.1. The molecule has 1 N–H and O–H groups in total. The molecule has 1 aromatic carbocycles. The van der Waals surface area contributed by atoms with E-state index in [1.54, 1.807) is 23.0 Å². The summed E-state index contributed by atoms with van der Waals surface area (Å²) < 4.78 is 11.9. The van der Waals surface area contributed by atoms with E-state index >= 15 is 0 Å². The van der Waals surface area contributed by atoms with Gasteiger partial charge in [-0.15, -0.1) is 0 Å². The largest absolute Gasteiger partial charge is 0.468 e. The maximum absolute atomic E-state index is 12.1. The molecule has 0 spiro atoms. The number of benzene rings is 1. The molecule has 1 amide bonds. The van der Waals surface area contributed by atoms with Gasteiger partial charge in [-0.2, -0.15) is 5.10 Å². The van der Waals surface area contributed by atoms with Crippen molar-refractivity contribution >= 4 is 5.91 Å². The Hall–Kier alpha value is -3.02. The van der Waals surface area contributed by atoms with Crippen molar-refractivity contribution in [2.45, 2.75) is 6.54 Å². The van der Waals surface area contributed by atoms with Gasteiger partial charge >= 0.3 is 0 Å². The monoisotopic (exact) mass is 297 g/mol. The fraction of sp³-hybridized carbons (Fsp3) is 0.125. The standard InChI is InChI=1S/C16H15N3O3/c1-21-15-8-7-14(22-15)16(20)17-11-12-5-2-3-6-13(12)19-10-4-9-18-19/h2-10H,11H2,1H3,(H,17,20). The van der Waals surface area contributed by atoms with Gasteiger partial charge in [0.2, 0.25) is 0 Å². The van der Waals surface area contributed by atoms with Crippen molar-refractivity contribution in [3.63, 3.8) is 0 Å². The average Bonchev–Trinajstić information content (AvgIpc) is 3.24. The Labute approximate surface area is 127 Å². The van der Waals surface area contributed by atoms with Crippen LogP contribution in [-0.2, 0) is 6.54 Å². The Morgan fingerprint density at radius 2 is 2.14 bits per heavy atom. The minimum atomic E-state index is -0.293. The van der Waals surface area contributed by atoms with Gasteiger partial charge in [-0.25, -0.2) is 4.68 Å². The molecule has 0 saturated heterocycles. The van der Waals surface area contributed by atoms with Gasteiger partial charge in [-0.05, 0) is 23.8 Å². The van der Waals surface area contributed by atoms with Crippen molar-refractivity contribution < 1.29 is 13.9 Å². The van der Waals surface area contributed by atoms with Crippen LogP contribution in [0.2, 0.25) is 0 Å². The number of carbonyl (C=O) groups excluding carboxylic acids is 1. The van der Waals surface area contributed by atoms with E-state index in [0.29, 0.717) is 12.5 Å². The van der Waals surface area contributed by atoms with Gasteiger partial charge in [0.25, 0.3) is 11.9 Å². The highest BCUT2D eigenvalue weighted by molar-refractivity contribution is 5.91. The van der Waals surface area contributed by atoms with Crippen molar-refractivity contribution in [3.05, 3.63) is 66.2 Å². The van der Waals surface area contributed by atoms with E-state index in [1.165, 1.54) is 7.11 Å². The number of para-hydroxylation sites is 1. The van der Waals surface area contributed by atoms with Crippen LogP contribution in [0.3, 0.4) is 0 Å². The van der Waals surface area contributed by atoms with E-state index in [-0.39, 0.29) is 11.7 Å². The number of hydrogen-bond donors (Lipinski definition) is 1. The average molecular weight is 297 g/mol. The molecule has 112 valence electrons. The normalized spacial score (nSPS) is 10.4. The minimum absolute atomic E-state index is 0.216. The van der Waals surface area contributed by atoms with Crippen LogP contribution in [0.1, 0.15) is 16.1 Å². The van der Waals surface area contributed by atoms with Gasteiger partial charge in [0.05, 0.1) is 12.8 Å². The van der Waals surface area contributed by atoms with Crippen LogP contribution in [0, 0.1) is 0 Å². The van der Waals surface area contributed by atoms with Crippen LogP contribution in [-0.4, -0.2) is 22.8 Å². The zero-order valence-electron chi connectivity index (χ0n) is 12.0. The third-order valence-corrected chi connectivity index (χ3v) is 3.19. The highest BCUT2D eigenvalue weighted by Gasteiger charge is 2.12. The van der Waals surface area contributed by atoms with Gasteiger partial charge in [-0.3, -0.25) is 4.79 Å². The first-order chi connectivity index (χ1) is 10.8. The van der Waals surface area contributed by atoms with Gasteiger partial charge < -0.3 is 14.5 Å². The lowest BCUT2D eigenvalue weighted by molar-refractivity contribution is 0.0917.